The van der Waals surface area contributed by atoms with Crippen molar-refractivity contribution in [1.29, 1.82) is 0 Å². The zero-order chi connectivity index (χ0) is 24.8. The summed E-state index contributed by atoms with van der Waals surface area (Å²) >= 11 is 0. The van der Waals surface area contributed by atoms with Gasteiger partial charge in [0.15, 0.2) is 0 Å². The van der Waals surface area contributed by atoms with Crippen molar-refractivity contribution >= 4 is 16.5 Å². The van der Waals surface area contributed by atoms with Crippen LogP contribution in [0.4, 0.5) is 0 Å². The third-order valence-electron chi connectivity index (χ3n) is 8.77. The first-order valence-corrected chi connectivity index (χ1v) is 13.2. The summed E-state index contributed by atoms with van der Waals surface area (Å²) in [6.45, 7) is 0. The predicted octanol–water partition coefficient (Wildman–Crippen LogP) is 8.14. The van der Waals surface area contributed by atoms with Gasteiger partial charge in [0.2, 0.25) is 0 Å². The molecule has 0 saturated carbocycles. The fourth-order valence-corrected chi connectivity index (χ4v) is 7.27. The first-order valence-electron chi connectivity index (χ1n) is 13.2. The number of hydrogen-bond donors (Lipinski definition) is 1. The first-order chi connectivity index (χ1) is 18.9. The summed E-state index contributed by atoms with van der Waals surface area (Å²) in [6.07, 6.45) is 12.9. The lowest BCUT2D eigenvalue weighted by Crippen LogP contribution is -2.30. The molecule has 0 bridgehead atoms. The molecular formula is C36H23NO. The van der Waals surface area contributed by atoms with Crippen LogP contribution >= 0.6 is 0 Å². The van der Waals surface area contributed by atoms with Gasteiger partial charge in [0.05, 0.1) is 6.04 Å². The van der Waals surface area contributed by atoms with Crippen molar-refractivity contribution in [3.8, 4) is 22.3 Å². The molecule has 0 fully saturated rings. The monoisotopic (exact) mass is 485 g/mol. The van der Waals surface area contributed by atoms with Crippen molar-refractivity contribution in [1.82, 2.24) is 5.32 Å². The van der Waals surface area contributed by atoms with Gasteiger partial charge in [0.25, 0.3) is 0 Å². The van der Waals surface area contributed by atoms with Gasteiger partial charge in [-0.05, 0) is 74.5 Å². The fourth-order valence-electron chi connectivity index (χ4n) is 7.27. The van der Waals surface area contributed by atoms with E-state index >= 15 is 0 Å². The van der Waals surface area contributed by atoms with Crippen LogP contribution in [0.15, 0.2) is 138 Å². The zero-order valence-corrected chi connectivity index (χ0v) is 20.6. The normalized spacial score (nSPS) is 18.8. The van der Waals surface area contributed by atoms with Crippen molar-refractivity contribution in [3.63, 3.8) is 0 Å². The van der Waals surface area contributed by atoms with E-state index in [2.05, 4.69) is 127 Å². The van der Waals surface area contributed by atoms with Crippen LogP contribution in [0.5, 0.6) is 0 Å². The summed E-state index contributed by atoms with van der Waals surface area (Å²) in [7, 11) is 0. The molecule has 1 spiro atoms. The summed E-state index contributed by atoms with van der Waals surface area (Å²) in [6, 6.07) is 33.4. The van der Waals surface area contributed by atoms with Crippen molar-refractivity contribution in [2.75, 3.05) is 0 Å². The largest absolute Gasteiger partial charge is 0.459 e. The van der Waals surface area contributed by atoms with Crippen molar-refractivity contribution in [2.45, 2.75) is 11.5 Å². The quantitative estimate of drug-likeness (QED) is 0.254. The molecule has 178 valence electrons. The molecule has 2 heteroatoms. The summed E-state index contributed by atoms with van der Waals surface area (Å²) < 4.78 is 6.86. The molecule has 4 aliphatic rings. The Morgan fingerprint density at radius 1 is 0.684 bits per heavy atom. The lowest BCUT2D eigenvalue weighted by atomic mass is 9.72. The predicted molar refractivity (Wildman–Crippen MR) is 154 cm³/mol. The van der Waals surface area contributed by atoms with Gasteiger partial charge in [-0.1, -0.05) is 103 Å². The van der Waals surface area contributed by atoms with Gasteiger partial charge in [-0.2, -0.15) is 0 Å². The van der Waals surface area contributed by atoms with Crippen molar-refractivity contribution in [3.05, 3.63) is 161 Å². The molecule has 1 aromatic heterocycles. The number of para-hydroxylation sites is 1. The standard InChI is InChI=1S/C36H23NO/c1-4-15-29-25(11-1)26-12-2-5-16-30(26)36(29)31-21-23(24-14-7-9-22-10-8-20-37-34(22)24)18-19-27(31)33-28-13-3-6-17-32(28)38-35(33)36/h1-21,34,37H. The lowest BCUT2D eigenvalue weighted by molar-refractivity contribution is 0.506. The maximum absolute atomic E-state index is 6.86. The Balaban J connectivity index is 1.39. The van der Waals surface area contributed by atoms with Crippen molar-refractivity contribution in [2.24, 2.45) is 0 Å². The Bertz CT molecular complexity index is 1920. The van der Waals surface area contributed by atoms with Gasteiger partial charge in [-0.15, -0.1) is 0 Å². The second-order valence-electron chi connectivity index (χ2n) is 10.5. The SMILES string of the molecule is C1=CNC2C(=C1)C=CC=C2c1ccc2c(c1)C1(c3ccccc3-c3ccccc31)c1oc3ccccc3c1-2. The van der Waals surface area contributed by atoms with Crippen LogP contribution in [-0.4, -0.2) is 6.04 Å². The van der Waals surface area contributed by atoms with Gasteiger partial charge < -0.3 is 9.73 Å². The van der Waals surface area contributed by atoms with E-state index in [0.29, 0.717) is 0 Å². The van der Waals surface area contributed by atoms with E-state index in [4.69, 9.17) is 4.42 Å². The Hall–Kier alpha value is -4.82. The molecule has 0 radical (unpaired) electrons. The van der Waals surface area contributed by atoms with Gasteiger partial charge in [-0.25, -0.2) is 0 Å². The van der Waals surface area contributed by atoms with E-state index < -0.39 is 5.41 Å². The van der Waals surface area contributed by atoms with E-state index in [1.54, 1.807) is 0 Å². The van der Waals surface area contributed by atoms with Crippen LogP contribution in [0.25, 0.3) is 38.8 Å². The molecule has 3 aliphatic carbocycles. The van der Waals surface area contributed by atoms with E-state index in [9.17, 15) is 0 Å². The maximum atomic E-state index is 6.86. The minimum absolute atomic E-state index is 0.153. The van der Waals surface area contributed by atoms with Crippen LogP contribution in [0.3, 0.4) is 0 Å². The van der Waals surface area contributed by atoms with E-state index in [1.165, 1.54) is 61.0 Å². The molecule has 2 nitrogen and oxygen atoms in total. The molecule has 4 aromatic carbocycles. The number of nitrogens with one attached hydrogen (secondary N) is 1. The summed E-state index contributed by atoms with van der Waals surface area (Å²) in [5.74, 6) is 1.04. The second kappa shape index (κ2) is 7.14. The lowest BCUT2D eigenvalue weighted by Gasteiger charge is -2.30. The minimum atomic E-state index is -0.490. The number of allylic oxidation sites excluding steroid dienone is 4. The third kappa shape index (κ3) is 2.34. The van der Waals surface area contributed by atoms with Crippen LogP contribution in [0, 0.1) is 0 Å². The Labute approximate surface area is 220 Å². The molecule has 9 rings (SSSR count). The molecular weight excluding hydrogens is 462 g/mol. The fraction of sp³-hybridized carbons (Fsp3) is 0.0556. The Kier molecular flexibility index (Phi) is 3.81. The average molecular weight is 486 g/mol. The molecule has 1 aliphatic heterocycles. The first kappa shape index (κ1) is 20.3. The minimum Gasteiger partial charge on any atom is -0.459 e. The highest BCUT2D eigenvalue weighted by molar-refractivity contribution is 6.05. The van der Waals surface area contributed by atoms with E-state index in [1.807, 2.05) is 6.20 Å². The number of fused-ring (bicyclic) bond motifs is 13. The number of dihydropyridines is 1. The second-order valence-corrected chi connectivity index (χ2v) is 10.5. The number of benzene rings is 4. The molecule has 1 atom stereocenters. The van der Waals surface area contributed by atoms with Gasteiger partial charge in [0.1, 0.15) is 16.8 Å². The number of hydrogen-bond acceptors (Lipinski definition) is 2. The number of rotatable bonds is 1. The Morgan fingerprint density at radius 2 is 1.45 bits per heavy atom. The summed E-state index contributed by atoms with van der Waals surface area (Å²) in [5.41, 5.74) is 13.2. The summed E-state index contributed by atoms with van der Waals surface area (Å²) in [4.78, 5) is 0. The van der Waals surface area contributed by atoms with E-state index in [0.717, 1.165) is 11.3 Å². The highest BCUT2D eigenvalue weighted by Gasteiger charge is 2.55. The molecule has 1 N–H and O–H groups in total. The zero-order valence-electron chi connectivity index (χ0n) is 20.6. The average Bonchev–Trinajstić information content (AvgIpc) is 3.60. The Morgan fingerprint density at radius 3 is 2.29 bits per heavy atom. The smallest absolute Gasteiger partial charge is 0.135 e. The highest BCUT2D eigenvalue weighted by atomic mass is 16.3. The third-order valence-corrected chi connectivity index (χ3v) is 8.77. The maximum Gasteiger partial charge on any atom is 0.135 e. The molecule has 1 unspecified atom stereocenters. The highest BCUT2D eigenvalue weighted by Crippen LogP contribution is 2.64. The molecule has 2 heterocycles. The van der Waals surface area contributed by atoms with Crippen LogP contribution in [0.2, 0.25) is 0 Å². The van der Waals surface area contributed by atoms with Gasteiger partial charge >= 0.3 is 0 Å². The van der Waals surface area contributed by atoms with Gasteiger partial charge in [-0.3, -0.25) is 0 Å². The molecule has 0 amide bonds. The molecule has 0 saturated heterocycles. The molecule has 5 aromatic rings. The van der Waals surface area contributed by atoms with Crippen LogP contribution in [0.1, 0.15) is 28.0 Å². The van der Waals surface area contributed by atoms with Crippen molar-refractivity contribution < 1.29 is 4.42 Å². The van der Waals surface area contributed by atoms with E-state index in [-0.39, 0.29) is 6.04 Å². The van der Waals surface area contributed by atoms with Crippen LogP contribution in [-0.2, 0) is 5.41 Å². The topological polar surface area (TPSA) is 25.2 Å². The summed E-state index contributed by atoms with van der Waals surface area (Å²) in [5, 5.41) is 4.76. The molecule has 38 heavy (non-hydrogen) atoms. The van der Waals surface area contributed by atoms with Gasteiger partial charge in [0, 0.05) is 10.9 Å². The number of furan rings is 1. The van der Waals surface area contributed by atoms with Crippen LogP contribution < -0.4 is 5.32 Å².